The van der Waals surface area contributed by atoms with Crippen molar-refractivity contribution in [3.8, 4) is 0 Å². The van der Waals surface area contributed by atoms with Gasteiger partial charge in [0.1, 0.15) is 0 Å². The van der Waals surface area contributed by atoms with Crippen molar-refractivity contribution < 1.29 is 9.53 Å². The molecule has 21 heavy (non-hydrogen) atoms. The average molecular weight is 301 g/mol. The maximum absolute atomic E-state index is 12.6. The van der Waals surface area contributed by atoms with Crippen LogP contribution in [0.1, 0.15) is 16.1 Å². The van der Waals surface area contributed by atoms with Crippen molar-refractivity contribution in [2.24, 2.45) is 0 Å². The van der Waals surface area contributed by atoms with E-state index in [9.17, 15) is 4.79 Å². The Hall–Kier alpha value is -2.21. The molecular formula is C15H15N3O2S. The molecule has 0 atom stereocenters. The highest BCUT2D eigenvalue weighted by Gasteiger charge is 2.31. The minimum absolute atomic E-state index is 0.0640. The smallest absolute Gasteiger partial charge is 0.260 e. The Morgan fingerprint density at radius 1 is 1.29 bits per heavy atom. The predicted octanol–water partition coefficient (Wildman–Crippen LogP) is 2.47. The van der Waals surface area contributed by atoms with Gasteiger partial charge >= 0.3 is 0 Å². The molecule has 2 aliphatic rings. The van der Waals surface area contributed by atoms with Gasteiger partial charge in [0.25, 0.3) is 5.91 Å². The summed E-state index contributed by atoms with van der Waals surface area (Å²) in [5.74, 6) is 0.656. The van der Waals surface area contributed by atoms with Crippen molar-refractivity contribution in [3.63, 3.8) is 0 Å². The molecule has 3 rings (SSSR count). The second-order valence-electron chi connectivity index (χ2n) is 4.57. The number of allylic oxidation sites excluding steroid dienone is 2. The molecule has 0 fully saturated rings. The summed E-state index contributed by atoms with van der Waals surface area (Å²) in [6.07, 6.45) is 9.32. The van der Waals surface area contributed by atoms with Crippen LogP contribution in [0.15, 0.2) is 47.8 Å². The Morgan fingerprint density at radius 3 is 2.81 bits per heavy atom. The van der Waals surface area contributed by atoms with Gasteiger partial charge in [-0.3, -0.25) is 14.1 Å². The third-order valence-corrected chi connectivity index (χ3v) is 4.21. The Morgan fingerprint density at radius 2 is 2.10 bits per heavy atom. The summed E-state index contributed by atoms with van der Waals surface area (Å²) in [6, 6.07) is 3.57. The molecule has 0 spiro atoms. The van der Waals surface area contributed by atoms with E-state index in [2.05, 4.69) is 4.98 Å². The highest BCUT2D eigenvalue weighted by Crippen LogP contribution is 2.36. The van der Waals surface area contributed by atoms with Crippen LogP contribution in [0.4, 0.5) is 0 Å². The molecule has 6 heteroatoms. The summed E-state index contributed by atoms with van der Waals surface area (Å²) in [5, 5.41) is 0. The molecule has 1 aromatic heterocycles. The highest BCUT2D eigenvalue weighted by atomic mass is 32.2. The molecule has 1 amide bonds. The fourth-order valence-electron chi connectivity index (χ4n) is 2.41. The summed E-state index contributed by atoms with van der Waals surface area (Å²) >= 11 is 1.52. The van der Waals surface area contributed by atoms with E-state index >= 15 is 0 Å². The number of amides is 1. The first-order valence-electron chi connectivity index (χ1n) is 6.42. The van der Waals surface area contributed by atoms with E-state index < -0.39 is 0 Å². The van der Waals surface area contributed by atoms with Gasteiger partial charge in [0.05, 0.1) is 29.8 Å². The van der Waals surface area contributed by atoms with E-state index in [1.54, 1.807) is 37.4 Å². The summed E-state index contributed by atoms with van der Waals surface area (Å²) in [6.45, 7) is 0. The van der Waals surface area contributed by atoms with E-state index in [1.807, 2.05) is 28.8 Å². The second-order valence-corrected chi connectivity index (χ2v) is 5.30. The van der Waals surface area contributed by atoms with Crippen LogP contribution in [0.25, 0.3) is 6.08 Å². The second kappa shape index (κ2) is 5.29. The van der Waals surface area contributed by atoms with Crippen molar-refractivity contribution in [2.45, 2.75) is 0 Å². The van der Waals surface area contributed by atoms with Crippen molar-refractivity contribution in [3.05, 3.63) is 59.0 Å². The number of pyridine rings is 1. The first kappa shape index (κ1) is 13.8. The lowest BCUT2D eigenvalue weighted by atomic mass is 10.1. The Kier molecular flexibility index (Phi) is 3.47. The van der Waals surface area contributed by atoms with Crippen LogP contribution < -0.4 is 0 Å². The molecule has 0 radical (unpaired) electrons. The molecule has 0 aliphatic carbocycles. The van der Waals surface area contributed by atoms with Crippen molar-refractivity contribution in [1.29, 1.82) is 0 Å². The van der Waals surface area contributed by atoms with Crippen LogP contribution in [0.3, 0.4) is 0 Å². The zero-order valence-corrected chi connectivity index (χ0v) is 12.8. The average Bonchev–Trinajstić information content (AvgIpc) is 2.63. The number of ether oxygens (including phenoxy) is 1. The molecule has 0 saturated heterocycles. The Bertz CT molecular complexity index is 694. The van der Waals surface area contributed by atoms with E-state index in [1.165, 1.54) is 11.9 Å². The molecule has 108 valence electrons. The molecule has 3 heterocycles. The number of methoxy groups -OCH3 is 1. The van der Waals surface area contributed by atoms with Crippen molar-refractivity contribution >= 4 is 23.9 Å². The number of carbonyl (C=O) groups excluding carboxylic acids is 1. The first-order chi connectivity index (χ1) is 10.2. The Balaban J connectivity index is 2.22. The number of rotatable bonds is 2. The van der Waals surface area contributed by atoms with Gasteiger partial charge in [0.15, 0.2) is 0 Å². The molecule has 0 aromatic carbocycles. The number of carbonyl (C=O) groups is 1. The maximum Gasteiger partial charge on any atom is 0.260 e. The van der Waals surface area contributed by atoms with Gasteiger partial charge in [-0.15, -0.1) is 0 Å². The predicted molar refractivity (Wildman–Crippen MR) is 82.8 cm³/mol. The van der Waals surface area contributed by atoms with E-state index in [4.69, 9.17) is 4.74 Å². The quantitative estimate of drug-likeness (QED) is 0.785. The molecule has 0 saturated carbocycles. The summed E-state index contributed by atoms with van der Waals surface area (Å²) in [7, 11) is 3.40. The minimum Gasteiger partial charge on any atom is -0.482 e. The summed E-state index contributed by atoms with van der Waals surface area (Å²) in [4.78, 5) is 18.5. The SMILES string of the molecule is COC1=CC=C2C(=Cc3ncccc3C(=O)N2C)N1SC. The third kappa shape index (κ3) is 2.12. The van der Waals surface area contributed by atoms with E-state index in [0.29, 0.717) is 11.3 Å². The Labute approximate surface area is 127 Å². The van der Waals surface area contributed by atoms with Crippen LogP contribution in [0, 0.1) is 0 Å². The number of aromatic nitrogens is 1. The van der Waals surface area contributed by atoms with Crippen molar-refractivity contribution in [1.82, 2.24) is 14.2 Å². The van der Waals surface area contributed by atoms with Gasteiger partial charge in [-0.05, 0) is 36.2 Å². The monoisotopic (exact) mass is 301 g/mol. The fraction of sp³-hybridized carbons (Fsp3) is 0.200. The van der Waals surface area contributed by atoms with Crippen LogP contribution in [-0.2, 0) is 4.74 Å². The van der Waals surface area contributed by atoms with Gasteiger partial charge in [0, 0.05) is 25.6 Å². The van der Waals surface area contributed by atoms with Crippen LogP contribution in [0.2, 0.25) is 0 Å². The van der Waals surface area contributed by atoms with E-state index in [-0.39, 0.29) is 5.91 Å². The summed E-state index contributed by atoms with van der Waals surface area (Å²) in [5.41, 5.74) is 2.98. The van der Waals surface area contributed by atoms with Crippen LogP contribution >= 0.6 is 11.9 Å². The van der Waals surface area contributed by atoms with E-state index in [0.717, 1.165) is 17.3 Å². The number of nitrogens with zero attached hydrogens (tertiary/aromatic N) is 3. The van der Waals surface area contributed by atoms with Gasteiger partial charge in [-0.25, -0.2) is 0 Å². The van der Waals surface area contributed by atoms with Gasteiger partial charge < -0.3 is 9.64 Å². The maximum atomic E-state index is 12.6. The van der Waals surface area contributed by atoms with Gasteiger partial charge in [-0.2, -0.15) is 0 Å². The number of likely N-dealkylation sites (N-methyl/N-ethyl adjacent to an activating group) is 1. The largest absolute Gasteiger partial charge is 0.482 e. The van der Waals surface area contributed by atoms with Gasteiger partial charge in [-0.1, -0.05) is 0 Å². The molecule has 0 N–H and O–H groups in total. The molecule has 1 aromatic rings. The first-order valence-corrected chi connectivity index (χ1v) is 7.61. The van der Waals surface area contributed by atoms with Gasteiger partial charge in [0.2, 0.25) is 5.88 Å². The number of hydrogen-bond donors (Lipinski definition) is 0. The summed E-state index contributed by atoms with van der Waals surface area (Å²) < 4.78 is 7.34. The molecule has 2 aliphatic heterocycles. The molecule has 0 bridgehead atoms. The molecule has 5 nitrogen and oxygen atoms in total. The zero-order chi connectivity index (χ0) is 15.0. The van der Waals surface area contributed by atoms with Crippen molar-refractivity contribution in [2.75, 3.05) is 20.4 Å². The normalized spacial score (nSPS) is 17.3. The lowest BCUT2D eigenvalue weighted by Gasteiger charge is -2.32. The third-order valence-electron chi connectivity index (χ3n) is 3.47. The lowest BCUT2D eigenvalue weighted by Crippen LogP contribution is -2.31. The zero-order valence-electron chi connectivity index (χ0n) is 12.0. The number of fused-ring (bicyclic) bond motifs is 2. The molecule has 0 unspecified atom stereocenters. The fourth-order valence-corrected chi connectivity index (χ4v) is 3.07. The number of hydrogen-bond acceptors (Lipinski definition) is 5. The highest BCUT2D eigenvalue weighted by molar-refractivity contribution is 7.96. The molecular weight excluding hydrogens is 286 g/mol. The minimum atomic E-state index is -0.0640. The topological polar surface area (TPSA) is 45.7 Å². The lowest BCUT2D eigenvalue weighted by molar-refractivity contribution is 0.0835. The van der Waals surface area contributed by atoms with Crippen LogP contribution in [-0.4, -0.2) is 40.5 Å². The standard InChI is InChI=1S/C15H15N3O2S/c1-17-12-6-7-14(20-2)18(21-3)13(12)9-11-10(15(17)19)5-4-8-16-11/h4-9H,1-3H3. The van der Waals surface area contributed by atoms with Crippen LogP contribution in [0.5, 0.6) is 0 Å².